The van der Waals surface area contributed by atoms with E-state index in [2.05, 4.69) is 74.5 Å². The third kappa shape index (κ3) is 7.66. The Balaban J connectivity index is 2.17. The van der Waals surface area contributed by atoms with Gasteiger partial charge in [0.1, 0.15) is 4.32 Å². The Morgan fingerprint density at radius 1 is 1.14 bits per heavy atom. The molecule has 0 aromatic carbocycles. The van der Waals surface area contributed by atoms with Crippen LogP contribution in [0.25, 0.3) is 0 Å². The second-order valence-electron chi connectivity index (χ2n) is 11.9. The minimum Gasteiger partial charge on any atom is -0.410 e. The number of aliphatic hydroxyl groups excluding tert-OH is 1. The van der Waals surface area contributed by atoms with E-state index in [0.717, 1.165) is 25.0 Å². The largest absolute Gasteiger partial charge is 0.410 e. The number of carbonyl (C=O) groups is 1. The van der Waals surface area contributed by atoms with E-state index < -0.39 is 20.5 Å². The summed E-state index contributed by atoms with van der Waals surface area (Å²) in [5, 5.41) is 11.2. The average molecular weight is 558 g/mol. The van der Waals surface area contributed by atoms with Crippen LogP contribution in [-0.4, -0.2) is 64.8 Å². The first-order chi connectivity index (χ1) is 16.8. The highest BCUT2D eigenvalue weighted by atomic mass is 32.2. The summed E-state index contributed by atoms with van der Waals surface area (Å²) in [7, 11) is -2.09. The minimum atomic E-state index is -2.09. The number of carbonyl (C=O) groups excluding carboxylic acids is 1. The van der Waals surface area contributed by atoms with E-state index >= 15 is 0 Å². The van der Waals surface area contributed by atoms with Crippen molar-refractivity contribution in [2.75, 3.05) is 5.75 Å². The van der Waals surface area contributed by atoms with Crippen molar-refractivity contribution in [1.29, 1.82) is 0 Å². The second-order valence-corrected chi connectivity index (χ2v) is 19.0. The quantitative estimate of drug-likeness (QED) is 0.166. The maximum absolute atomic E-state index is 13.3. The highest BCUT2D eigenvalue weighted by molar-refractivity contribution is 8.23. The van der Waals surface area contributed by atoms with Gasteiger partial charge < -0.3 is 14.3 Å². The van der Waals surface area contributed by atoms with Gasteiger partial charge in [0, 0.05) is 11.8 Å². The van der Waals surface area contributed by atoms with Gasteiger partial charge >= 0.3 is 0 Å². The maximum atomic E-state index is 13.3. The molecule has 0 aromatic rings. The first-order valence-corrected chi connectivity index (χ1v) is 17.5. The minimum absolute atomic E-state index is 0.0262. The molecule has 0 radical (unpaired) electrons. The van der Waals surface area contributed by atoms with E-state index in [4.69, 9.17) is 21.4 Å². The van der Waals surface area contributed by atoms with Crippen LogP contribution < -0.4 is 0 Å². The van der Waals surface area contributed by atoms with Crippen molar-refractivity contribution in [1.82, 2.24) is 4.90 Å². The van der Waals surface area contributed by atoms with Crippen LogP contribution in [0.5, 0.6) is 0 Å². The molecule has 0 saturated carbocycles. The number of aliphatic hydroxyl groups is 1. The predicted octanol–water partition coefficient (Wildman–Crippen LogP) is 7.09. The standard InChI is InChI=1S/C28H51NO4S2Si/c1-10-24-26(33-36(19(4)5,20(6)7)21(8)9)14-12-11-13-25(32-24)23(30)16-27(31)29-22(15-18(2)3)17-35-28(29)34/h11-12,18-26,30H,10,13-17H2,1-9H3/b12-11-/t22-,23+,24+,25+,26+/m0/s1. The van der Waals surface area contributed by atoms with Gasteiger partial charge in [-0.05, 0) is 48.2 Å². The second kappa shape index (κ2) is 14.2. The lowest BCUT2D eigenvalue weighted by Crippen LogP contribution is -2.53. The van der Waals surface area contributed by atoms with E-state index in [0.29, 0.717) is 33.3 Å². The molecule has 2 rings (SSSR count). The number of hydrogen-bond donors (Lipinski definition) is 1. The number of thiocarbonyl (C=S) groups is 1. The smallest absolute Gasteiger partial charge is 0.231 e. The molecule has 0 unspecified atom stereocenters. The highest BCUT2D eigenvalue weighted by Crippen LogP contribution is 2.44. The van der Waals surface area contributed by atoms with Gasteiger partial charge in [-0.2, -0.15) is 0 Å². The van der Waals surface area contributed by atoms with Crippen LogP contribution in [0.4, 0.5) is 0 Å². The van der Waals surface area contributed by atoms with Gasteiger partial charge in [0.15, 0.2) is 0 Å². The summed E-state index contributed by atoms with van der Waals surface area (Å²) in [4.78, 5) is 15.0. The zero-order valence-electron chi connectivity index (χ0n) is 24.0. The fourth-order valence-electron chi connectivity index (χ4n) is 6.27. The number of ether oxygens (including phenoxy) is 1. The van der Waals surface area contributed by atoms with Crippen LogP contribution in [-0.2, 0) is 14.0 Å². The molecule has 0 aromatic heterocycles. The van der Waals surface area contributed by atoms with Crippen LogP contribution in [0.2, 0.25) is 16.6 Å². The van der Waals surface area contributed by atoms with Gasteiger partial charge in [0.05, 0.1) is 30.8 Å². The zero-order chi connectivity index (χ0) is 27.2. The molecule has 36 heavy (non-hydrogen) atoms. The SMILES string of the molecule is CC[C@H]1O[C@@H]([C@H](O)CC(=O)N2C(=S)SC[C@@H]2CC(C)C)C/C=C\C[C@H]1O[Si](C(C)C)(C(C)C)C(C)C. The Kier molecular flexibility index (Phi) is 12.6. The number of amides is 1. The summed E-state index contributed by atoms with van der Waals surface area (Å²) in [5.41, 5.74) is 1.47. The van der Waals surface area contributed by atoms with E-state index in [-0.39, 0.29) is 30.6 Å². The lowest BCUT2D eigenvalue weighted by molar-refractivity contribution is -0.139. The van der Waals surface area contributed by atoms with Gasteiger partial charge in [-0.3, -0.25) is 9.69 Å². The van der Waals surface area contributed by atoms with Crippen LogP contribution in [0, 0.1) is 5.92 Å². The third-order valence-corrected chi connectivity index (χ3v) is 15.6. The Morgan fingerprint density at radius 2 is 1.72 bits per heavy atom. The molecule has 0 aliphatic carbocycles. The number of nitrogens with zero attached hydrogens (tertiary/aromatic N) is 1. The molecule has 1 fully saturated rings. The first kappa shape index (κ1) is 32.0. The van der Waals surface area contributed by atoms with Crippen molar-refractivity contribution in [3.63, 3.8) is 0 Å². The Morgan fingerprint density at radius 3 is 2.25 bits per heavy atom. The summed E-state index contributed by atoms with van der Waals surface area (Å²) in [6, 6.07) is 0.114. The molecule has 5 atom stereocenters. The molecule has 2 heterocycles. The molecule has 2 aliphatic rings. The number of thioether (sulfide) groups is 1. The van der Waals surface area contributed by atoms with Crippen molar-refractivity contribution < 1.29 is 19.1 Å². The van der Waals surface area contributed by atoms with E-state index in [1.165, 1.54) is 0 Å². The van der Waals surface area contributed by atoms with Gasteiger partial charge in [-0.15, -0.1) is 0 Å². The van der Waals surface area contributed by atoms with Crippen molar-refractivity contribution in [2.45, 2.75) is 141 Å². The maximum Gasteiger partial charge on any atom is 0.231 e. The van der Waals surface area contributed by atoms with Crippen molar-refractivity contribution in [3.05, 3.63) is 12.2 Å². The van der Waals surface area contributed by atoms with Gasteiger partial charge in [-0.25, -0.2) is 0 Å². The molecular formula is C28H51NO4S2Si. The zero-order valence-corrected chi connectivity index (χ0v) is 26.7. The Bertz CT molecular complexity index is 736. The summed E-state index contributed by atoms with van der Waals surface area (Å²) < 4.78 is 14.3. The molecule has 8 heteroatoms. The monoisotopic (exact) mass is 557 g/mol. The van der Waals surface area contributed by atoms with Gasteiger partial charge in [-0.1, -0.05) is 98.4 Å². The summed E-state index contributed by atoms with van der Waals surface area (Å²) in [5.74, 6) is 1.23. The van der Waals surface area contributed by atoms with Crippen molar-refractivity contribution >= 4 is 42.5 Å². The van der Waals surface area contributed by atoms with E-state index in [9.17, 15) is 9.90 Å². The number of hydrogen-bond acceptors (Lipinski definition) is 6. The Labute approximate surface area is 231 Å². The summed E-state index contributed by atoms with van der Waals surface area (Å²) in [6.45, 7) is 20.3. The summed E-state index contributed by atoms with van der Waals surface area (Å²) >= 11 is 7.06. The lowest BCUT2D eigenvalue weighted by Gasteiger charge is -2.46. The van der Waals surface area contributed by atoms with Crippen LogP contribution >= 0.6 is 24.0 Å². The molecular weight excluding hydrogens is 507 g/mol. The van der Waals surface area contributed by atoms with Crippen molar-refractivity contribution in [3.8, 4) is 0 Å². The Hall–Kier alpha value is -0.253. The summed E-state index contributed by atoms with van der Waals surface area (Å²) in [6.07, 6.45) is 5.93. The van der Waals surface area contributed by atoms with Crippen molar-refractivity contribution in [2.24, 2.45) is 5.92 Å². The fourth-order valence-corrected chi connectivity index (χ4v) is 13.3. The molecule has 2 aliphatic heterocycles. The topological polar surface area (TPSA) is 59.0 Å². The fraction of sp³-hybridized carbons (Fsp3) is 0.857. The van der Waals surface area contributed by atoms with E-state index in [1.807, 2.05) is 0 Å². The molecule has 5 nitrogen and oxygen atoms in total. The average Bonchev–Trinajstić information content (AvgIpc) is 3.11. The molecule has 0 bridgehead atoms. The molecule has 1 N–H and O–H groups in total. The normalized spacial score (nSPS) is 27.7. The third-order valence-electron chi connectivity index (χ3n) is 7.92. The van der Waals surface area contributed by atoms with Gasteiger partial charge in [0.25, 0.3) is 0 Å². The highest BCUT2D eigenvalue weighted by Gasteiger charge is 2.48. The van der Waals surface area contributed by atoms with Crippen LogP contribution in [0.15, 0.2) is 12.2 Å². The first-order valence-electron chi connectivity index (χ1n) is 14.0. The predicted molar refractivity (Wildman–Crippen MR) is 159 cm³/mol. The van der Waals surface area contributed by atoms with Crippen LogP contribution in [0.3, 0.4) is 0 Å². The molecule has 208 valence electrons. The number of rotatable bonds is 11. The lowest BCUT2D eigenvalue weighted by atomic mass is 10.00. The van der Waals surface area contributed by atoms with Gasteiger partial charge in [0.2, 0.25) is 14.2 Å². The molecule has 1 amide bonds. The molecule has 0 spiro atoms. The molecule has 1 saturated heterocycles. The van der Waals surface area contributed by atoms with Crippen LogP contribution in [0.1, 0.15) is 94.4 Å². The van der Waals surface area contributed by atoms with E-state index in [1.54, 1.807) is 16.7 Å².